The fourth-order valence-corrected chi connectivity index (χ4v) is 12.6. The second-order valence-electron chi connectivity index (χ2n) is 26.0. The summed E-state index contributed by atoms with van der Waals surface area (Å²) < 4.78 is 0. The topological polar surface area (TPSA) is 449 Å². The van der Waals surface area contributed by atoms with Gasteiger partial charge < -0.3 is 84.4 Å². The summed E-state index contributed by atoms with van der Waals surface area (Å²) in [4.78, 5) is 172. The number of benzene rings is 5. The highest BCUT2D eigenvalue weighted by atomic mass is 35.5. The number of amides is 11. The van der Waals surface area contributed by atoms with Gasteiger partial charge >= 0.3 is 0 Å². The van der Waals surface area contributed by atoms with Crippen molar-refractivity contribution in [3.8, 4) is 5.75 Å². The van der Waals surface area contributed by atoms with Crippen molar-refractivity contribution in [1.82, 2.24) is 72.7 Å². The number of nitrogens with two attached hydrogens (primary N) is 2. The fraction of sp³-hybridized carbons (Fsp3) is 0.347. The number of carbonyl (C=O) groups excluding carboxylic acids is 11. The van der Waals surface area contributed by atoms with E-state index in [2.05, 4.69) is 67.8 Å². The zero-order valence-corrected chi connectivity index (χ0v) is 58.7. The maximum absolute atomic E-state index is 15.2. The number of phenolic OH excluding ortho intramolecular Hbond substituents is 1. The number of rotatable bonds is 36. The van der Waals surface area contributed by atoms with E-state index in [0.717, 1.165) is 10.8 Å². The predicted molar refractivity (Wildman–Crippen MR) is 389 cm³/mol. The number of aliphatic hydroxyl groups is 1. The molecule has 17 N–H and O–H groups in total. The highest BCUT2D eigenvalue weighted by Crippen LogP contribution is 2.24. The van der Waals surface area contributed by atoms with E-state index in [0.29, 0.717) is 62.3 Å². The van der Waals surface area contributed by atoms with Crippen LogP contribution in [0.2, 0.25) is 5.02 Å². The van der Waals surface area contributed by atoms with Crippen LogP contribution in [0.25, 0.3) is 21.7 Å². The van der Waals surface area contributed by atoms with E-state index in [4.69, 9.17) is 23.1 Å². The van der Waals surface area contributed by atoms with E-state index in [1.807, 2.05) is 60.7 Å². The minimum absolute atomic E-state index is 0.0389. The van der Waals surface area contributed by atoms with Crippen molar-refractivity contribution < 1.29 is 63.0 Å². The molecule has 9 rings (SSSR count). The van der Waals surface area contributed by atoms with Crippen LogP contribution in [-0.2, 0) is 91.3 Å². The number of hydrogen-bond donors (Lipinski definition) is 15. The molecule has 0 radical (unpaired) electrons. The first-order valence-electron chi connectivity index (χ1n) is 34.5. The van der Waals surface area contributed by atoms with Gasteiger partial charge in [-0.25, -0.2) is 4.98 Å². The first-order chi connectivity index (χ1) is 50.5. The molecule has 3 aromatic heterocycles. The number of aliphatic hydroxyl groups excluding tert-OH is 1. The van der Waals surface area contributed by atoms with Crippen LogP contribution in [-0.4, -0.2) is 180 Å². The number of aromatic nitrogens is 4. The Bertz CT molecular complexity index is 4350. The molecule has 5 aromatic carbocycles. The largest absolute Gasteiger partial charge is 0.508 e. The van der Waals surface area contributed by atoms with Crippen LogP contribution in [0.15, 0.2) is 159 Å². The SMILES string of the molecule is CC(=O)N[C@H](Cc1ccc2ccccc2c1)C(=O)N[C@H](Cc1ccc(Cl)cc1)C(=O)N[C@H](Cc1cccnc1)C(=O)N[C@@H](CO)C(=O)N[C@@H](Cc1cnc[nH]1)C(=O)N[C@H](CCCCN)C(=O)N[C@@H](Cc1c[nH]c2ccccc12)C(=O)N[C@@H](Cc1ccc(O)cc1)C(=O)N1CCC[C@H]1C(=O)N[C@H](C)C(N)=O. The summed E-state index contributed by atoms with van der Waals surface area (Å²) in [5, 5.41) is 48.4. The number of halogens is 1. The Morgan fingerprint density at radius 2 is 1.10 bits per heavy atom. The summed E-state index contributed by atoms with van der Waals surface area (Å²) in [6.07, 6.45) is 7.64. The number of likely N-dealkylation sites (tertiary alicyclic amines) is 1. The van der Waals surface area contributed by atoms with Gasteiger partial charge in [0.15, 0.2) is 0 Å². The number of H-pyrrole nitrogens is 2. The monoisotopic (exact) mass is 1450 g/mol. The van der Waals surface area contributed by atoms with E-state index in [9.17, 15) is 53.4 Å². The Labute approximate surface area is 609 Å². The summed E-state index contributed by atoms with van der Waals surface area (Å²) in [6.45, 7) is 1.93. The minimum Gasteiger partial charge on any atom is -0.508 e. The number of carbonyl (C=O) groups is 11. The molecular weight excluding hydrogens is 1370 g/mol. The van der Waals surface area contributed by atoms with Crippen LogP contribution in [0, 0.1) is 0 Å². The third kappa shape index (κ3) is 22.2. The molecule has 0 aliphatic carbocycles. The quantitative estimate of drug-likeness (QED) is 0.0248. The van der Waals surface area contributed by atoms with Gasteiger partial charge in [-0.05, 0) is 121 Å². The average molecular weight is 1460 g/mol. The Hall–Kier alpha value is -11.6. The van der Waals surface area contributed by atoms with Gasteiger partial charge in [0, 0.05) is 98.4 Å². The maximum Gasteiger partial charge on any atom is 0.246 e. The third-order valence-corrected chi connectivity index (χ3v) is 18.3. The molecule has 0 spiro atoms. The first-order valence-corrected chi connectivity index (χ1v) is 34.9. The Kier molecular flexibility index (Phi) is 27.8. The molecule has 0 bridgehead atoms. The number of nitrogens with zero attached hydrogens (tertiary/aromatic N) is 3. The van der Waals surface area contributed by atoms with Crippen LogP contribution in [0.1, 0.15) is 79.5 Å². The highest BCUT2D eigenvalue weighted by molar-refractivity contribution is 6.30. The molecule has 105 heavy (non-hydrogen) atoms. The van der Waals surface area contributed by atoms with E-state index in [-0.39, 0.29) is 76.6 Å². The predicted octanol–water partition coefficient (Wildman–Crippen LogP) is 1.55. The summed E-state index contributed by atoms with van der Waals surface area (Å²) in [5.41, 5.74) is 15.2. The molecule has 0 unspecified atom stereocenters. The number of primary amides is 1. The van der Waals surface area contributed by atoms with E-state index < -0.39 is 132 Å². The van der Waals surface area contributed by atoms with Gasteiger partial charge in [0.1, 0.15) is 66.2 Å². The number of phenols is 1. The molecule has 8 aromatic rings. The molecule has 10 atom stereocenters. The Morgan fingerprint density at radius 1 is 0.562 bits per heavy atom. The number of hydrogen-bond acceptors (Lipinski definition) is 16. The van der Waals surface area contributed by atoms with Crippen molar-refractivity contribution in [1.29, 1.82) is 0 Å². The standard InChI is InChI=1S/C75H87ClN16O13/c1-43(66(78)96)83-74(104)65-17-10-30-92(65)75(105)63(33-46-21-26-54(95)27-22-46)90-71(101)61(36-51-39-81-56-15-6-5-14-55(51)56)88-67(97)57(16-7-8-28-77)85-72(102)62(37-53-40-80-42-82-53)89-73(103)64(41-93)91-70(100)60(35-48-11-9-29-79-38-48)87-69(99)59(32-45-19-24-52(76)25-20-45)86-68(98)58(84-44(2)94)34-47-18-23-49-12-3-4-13-50(49)31-47/h3-6,9,11-15,18-27,29,31,38-40,42-43,57-65,81,93,95H,7-8,10,16-17,28,30,32-37,41,77H2,1-2H3,(H2,78,96)(H,80,82)(H,83,104)(H,84,94)(H,85,102)(H,86,98)(H,87,99)(H,88,97)(H,89,103)(H,90,101)(H,91,100)/t43-,57-,58-,59-,60-,61+,62+,63+,64+,65+/m1/s1. The second-order valence-corrected chi connectivity index (χ2v) is 26.4. The Morgan fingerprint density at radius 3 is 1.72 bits per heavy atom. The molecule has 4 heterocycles. The molecule has 29 nitrogen and oxygen atoms in total. The highest BCUT2D eigenvalue weighted by Gasteiger charge is 2.41. The van der Waals surface area contributed by atoms with Crippen LogP contribution >= 0.6 is 11.6 Å². The van der Waals surface area contributed by atoms with Gasteiger partial charge in [0.2, 0.25) is 65.0 Å². The summed E-state index contributed by atoms with van der Waals surface area (Å²) in [7, 11) is 0. The molecular formula is C75H87ClN16O13. The molecule has 552 valence electrons. The number of aromatic amines is 2. The van der Waals surface area contributed by atoms with Gasteiger partial charge in [-0.2, -0.15) is 0 Å². The van der Waals surface area contributed by atoms with Gasteiger partial charge in [-0.3, -0.25) is 57.7 Å². The molecule has 1 aliphatic rings. The average Bonchev–Trinajstić information content (AvgIpc) is 1.79. The smallest absolute Gasteiger partial charge is 0.246 e. The van der Waals surface area contributed by atoms with Crippen LogP contribution in [0.3, 0.4) is 0 Å². The lowest BCUT2D eigenvalue weighted by Crippen LogP contribution is -2.62. The molecule has 1 fully saturated rings. The zero-order valence-electron chi connectivity index (χ0n) is 57.9. The van der Waals surface area contributed by atoms with Gasteiger partial charge in [0.25, 0.3) is 0 Å². The van der Waals surface area contributed by atoms with E-state index in [1.165, 1.54) is 55.8 Å². The molecule has 30 heteroatoms. The van der Waals surface area contributed by atoms with Crippen molar-refractivity contribution >= 4 is 98.3 Å². The molecule has 1 aliphatic heterocycles. The number of unbranched alkanes of at least 4 members (excludes halogenated alkanes) is 1. The summed E-state index contributed by atoms with van der Waals surface area (Å²) in [5.74, 6) is -8.94. The summed E-state index contributed by atoms with van der Waals surface area (Å²) >= 11 is 6.24. The van der Waals surface area contributed by atoms with Gasteiger partial charge in [-0.1, -0.05) is 103 Å². The maximum atomic E-state index is 15.2. The number of imidazole rings is 1. The van der Waals surface area contributed by atoms with Crippen LogP contribution in [0.5, 0.6) is 5.75 Å². The first kappa shape index (κ1) is 77.6. The third-order valence-electron chi connectivity index (χ3n) is 18.1. The summed E-state index contributed by atoms with van der Waals surface area (Å²) in [6, 6.07) is 22.3. The number of nitrogens with one attached hydrogen (secondary N) is 11. The lowest BCUT2D eigenvalue weighted by molar-refractivity contribution is -0.142. The lowest BCUT2D eigenvalue weighted by Gasteiger charge is -2.31. The lowest BCUT2D eigenvalue weighted by atomic mass is 9.99. The molecule has 1 saturated heterocycles. The van der Waals surface area contributed by atoms with Crippen molar-refractivity contribution in [2.75, 3.05) is 19.7 Å². The second kappa shape index (κ2) is 37.6. The van der Waals surface area contributed by atoms with Crippen molar-refractivity contribution in [2.24, 2.45) is 11.5 Å². The minimum atomic E-state index is -1.81. The van der Waals surface area contributed by atoms with Crippen molar-refractivity contribution in [3.63, 3.8) is 0 Å². The van der Waals surface area contributed by atoms with E-state index >= 15 is 9.59 Å². The fourth-order valence-electron chi connectivity index (χ4n) is 12.5. The Balaban J connectivity index is 0.950. The van der Waals surface area contributed by atoms with Crippen molar-refractivity contribution in [3.05, 3.63) is 197 Å². The zero-order chi connectivity index (χ0) is 75.1. The number of aromatic hydroxyl groups is 1. The number of para-hydroxylation sites is 1. The van der Waals surface area contributed by atoms with Gasteiger partial charge in [0.05, 0.1) is 12.9 Å². The molecule has 11 amide bonds. The normalized spacial score (nSPS) is 15.2. The van der Waals surface area contributed by atoms with Gasteiger partial charge in [-0.15, -0.1) is 0 Å². The number of fused-ring (bicyclic) bond motifs is 2. The van der Waals surface area contributed by atoms with Crippen LogP contribution < -0.4 is 59.3 Å². The number of pyridine rings is 1. The van der Waals surface area contributed by atoms with Crippen LogP contribution in [0.4, 0.5) is 0 Å². The van der Waals surface area contributed by atoms with Crippen molar-refractivity contribution in [2.45, 2.75) is 145 Å². The van der Waals surface area contributed by atoms with E-state index in [1.54, 1.807) is 60.8 Å². The molecule has 0 saturated carbocycles.